The third-order valence-corrected chi connectivity index (χ3v) is 3.04. The third kappa shape index (κ3) is 5.50. The maximum absolute atomic E-state index is 11.9. The number of amides is 1. The van der Waals surface area contributed by atoms with E-state index in [2.05, 4.69) is 15.3 Å². The summed E-state index contributed by atoms with van der Waals surface area (Å²) in [4.78, 5) is 22.7. The van der Waals surface area contributed by atoms with E-state index in [-0.39, 0.29) is 23.9 Å². The van der Waals surface area contributed by atoms with E-state index in [9.17, 15) is 4.79 Å². The summed E-state index contributed by atoms with van der Waals surface area (Å²) in [6.07, 6.45) is 0. The van der Waals surface area contributed by atoms with Gasteiger partial charge in [-0.1, -0.05) is 32.4 Å². The quantitative estimate of drug-likeness (QED) is 0.849. The number of halogens is 1. The SMILES string of the molecule is CCN(CC(=O)NC(C)C)c1cc(Cl)nc(C(C)(C)C)n1. The van der Waals surface area contributed by atoms with Gasteiger partial charge >= 0.3 is 0 Å². The van der Waals surface area contributed by atoms with E-state index in [0.717, 1.165) is 0 Å². The minimum atomic E-state index is -0.195. The highest BCUT2D eigenvalue weighted by molar-refractivity contribution is 6.29. The number of anilines is 1. The van der Waals surface area contributed by atoms with E-state index in [1.807, 2.05) is 46.4 Å². The Labute approximate surface area is 132 Å². The van der Waals surface area contributed by atoms with Crippen LogP contribution in [0.4, 0.5) is 5.82 Å². The summed E-state index contributed by atoms with van der Waals surface area (Å²) in [6.45, 7) is 12.9. The Kier molecular flexibility index (Phi) is 5.96. The highest BCUT2D eigenvalue weighted by Gasteiger charge is 2.21. The number of nitrogens with zero attached hydrogens (tertiary/aromatic N) is 3. The number of carbonyl (C=O) groups is 1. The van der Waals surface area contributed by atoms with E-state index in [4.69, 9.17) is 11.6 Å². The summed E-state index contributed by atoms with van der Waals surface area (Å²) >= 11 is 6.10. The predicted molar refractivity (Wildman–Crippen MR) is 86.9 cm³/mol. The molecule has 21 heavy (non-hydrogen) atoms. The third-order valence-electron chi connectivity index (χ3n) is 2.84. The van der Waals surface area contributed by atoms with Gasteiger partial charge in [-0.3, -0.25) is 4.79 Å². The maximum Gasteiger partial charge on any atom is 0.239 e. The zero-order valence-corrected chi connectivity index (χ0v) is 14.5. The molecule has 0 aromatic carbocycles. The Balaban J connectivity index is 3.00. The molecule has 1 aromatic heterocycles. The van der Waals surface area contributed by atoms with E-state index >= 15 is 0 Å². The standard InChI is InChI=1S/C15H25ClN4O/c1-7-20(9-13(21)17-10(2)3)12-8-11(16)18-14(19-12)15(4,5)6/h8,10H,7,9H2,1-6H3,(H,17,21). The molecule has 0 spiro atoms. The lowest BCUT2D eigenvalue weighted by molar-refractivity contribution is -0.120. The van der Waals surface area contributed by atoms with Gasteiger partial charge in [0.05, 0.1) is 6.54 Å². The molecule has 6 heteroatoms. The first kappa shape index (κ1) is 17.7. The molecular formula is C15H25ClN4O. The number of hydrogen-bond donors (Lipinski definition) is 1. The van der Waals surface area contributed by atoms with Crippen LogP contribution in [0, 0.1) is 0 Å². The Hall–Kier alpha value is -1.36. The molecule has 0 unspecified atom stereocenters. The minimum Gasteiger partial charge on any atom is -0.352 e. The molecule has 0 bridgehead atoms. The summed E-state index contributed by atoms with van der Waals surface area (Å²) in [5.41, 5.74) is -0.195. The van der Waals surface area contributed by atoms with E-state index in [1.54, 1.807) is 6.07 Å². The molecule has 1 amide bonds. The van der Waals surface area contributed by atoms with E-state index < -0.39 is 0 Å². The Bertz CT molecular complexity index is 497. The van der Waals surface area contributed by atoms with Gasteiger partial charge in [0.25, 0.3) is 0 Å². The molecule has 1 rings (SSSR count). The second kappa shape index (κ2) is 7.07. The molecule has 0 fully saturated rings. The molecule has 0 atom stereocenters. The fraction of sp³-hybridized carbons (Fsp3) is 0.667. The van der Waals surface area contributed by atoms with Gasteiger partial charge in [0.15, 0.2) is 0 Å². The van der Waals surface area contributed by atoms with Crippen molar-refractivity contribution in [1.29, 1.82) is 0 Å². The average molecular weight is 313 g/mol. The zero-order valence-electron chi connectivity index (χ0n) is 13.7. The van der Waals surface area contributed by atoms with Crippen LogP contribution in [0.15, 0.2) is 6.07 Å². The van der Waals surface area contributed by atoms with Crippen molar-refractivity contribution in [2.75, 3.05) is 18.0 Å². The predicted octanol–water partition coefficient (Wildman–Crippen LogP) is 2.78. The van der Waals surface area contributed by atoms with Gasteiger partial charge in [0, 0.05) is 24.1 Å². The number of rotatable bonds is 5. The van der Waals surface area contributed by atoms with Crippen LogP contribution in [0.2, 0.25) is 5.15 Å². The molecule has 0 aliphatic carbocycles. The number of likely N-dealkylation sites (N-methyl/N-ethyl adjacent to an activating group) is 1. The van der Waals surface area contributed by atoms with Gasteiger partial charge < -0.3 is 10.2 Å². The molecule has 5 nitrogen and oxygen atoms in total. The molecule has 1 N–H and O–H groups in total. The van der Waals surface area contributed by atoms with E-state index in [1.165, 1.54) is 0 Å². The summed E-state index contributed by atoms with van der Waals surface area (Å²) in [7, 11) is 0. The van der Waals surface area contributed by atoms with Gasteiger partial charge in [0.1, 0.15) is 16.8 Å². The molecule has 0 aliphatic rings. The van der Waals surface area contributed by atoms with Crippen molar-refractivity contribution in [1.82, 2.24) is 15.3 Å². The maximum atomic E-state index is 11.9. The first-order valence-corrected chi connectivity index (χ1v) is 7.60. The zero-order chi connectivity index (χ0) is 16.2. The molecule has 1 aromatic rings. The van der Waals surface area contributed by atoms with Crippen LogP contribution in [0.3, 0.4) is 0 Å². The van der Waals surface area contributed by atoms with Gasteiger partial charge in [-0.25, -0.2) is 9.97 Å². The van der Waals surface area contributed by atoms with Crippen molar-refractivity contribution in [3.8, 4) is 0 Å². The summed E-state index contributed by atoms with van der Waals surface area (Å²) in [6, 6.07) is 1.82. The Morgan fingerprint density at radius 1 is 1.38 bits per heavy atom. The largest absolute Gasteiger partial charge is 0.352 e. The normalized spacial score (nSPS) is 11.6. The smallest absolute Gasteiger partial charge is 0.239 e. The van der Waals surface area contributed by atoms with Gasteiger partial charge in [0.2, 0.25) is 5.91 Å². The highest BCUT2D eigenvalue weighted by Crippen LogP contribution is 2.23. The lowest BCUT2D eigenvalue weighted by Gasteiger charge is -2.24. The summed E-state index contributed by atoms with van der Waals surface area (Å²) in [5.74, 6) is 1.33. The molecule has 0 radical (unpaired) electrons. The van der Waals surface area contributed by atoms with Crippen molar-refractivity contribution >= 4 is 23.3 Å². The topological polar surface area (TPSA) is 58.1 Å². The van der Waals surface area contributed by atoms with Gasteiger partial charge in [-0.15, -0.1) is 0 Å². The van der Waals surface area contributed by atoms with Crippen LogP contribution >= 0.6 is 11.6 Å². The fourth-order valence-corrected chi connectivity index (χ4v) is 1.98. The molecule has 0 saturated heterocycles. The van der Waals surface area contributed by atoms with Crippen molar-refractivity contribution in [2.45, 2.75) is 53.0 Å². The van der Waals surface area contributed by atoms with Crippen molar-refractivity contribution < 1.29 is 4.79 Å². The van der Waals surface area contributed by atoms with Crippen LogP contribution in [0.1, 0.15) is 47.4 Å². The highest BCUT2D eigenvalue weighted by atomic mass is 35.5. The first-order valence-electron chi connectivity index (χ1n) is 7.22. The van der Waals surface area contributed by atoms with Crippen LogP contribution < -0.4 is 10.2 Å². The molecule has 118 valence electrons. The number of hydrogen-bond acceptors (Lipinski definition) is 4. The van der Waals surface area contributed by atoms with Gasteiger partial charge in [-0.2, -0.15) is 0 Å². The number of carbonyl (C=O) groups excluding carboxylic acids is 1. The second-order valence-corrected chi connectivity index (χ2v) is 6.75. The fourth-order valence-electron chi connectivity index (χ4n) is 1.80. The van der Waals surface area contributed by atoms with Crippen molar-refractivity contribution in [3.63, 3.8) is 0 Å². The Morgan fingerprint density at radius 2 is 2.00 bits per heavy atom. The molecule has 0 aliphatic heterocycles. The summed E-state index contributed by atoms with van der Waals surface area (Å²) < 4.78 is 0. The minimum absolute atomic E-state index is 0.0288. The van der Waals surface area contributed by atoms with Crippen LogP contribution in [0.25, 0.3) is 0 Å². The van der Waals surface area contributed by atoms with E-state index in [0.29, 0.717) is 23.3 Å². The Morgan fingerprint density at radius 3 is 2.48 bits per heavy atom. The van der Waals surface area contributed by atoms with Crippen molar-refractivity contribution in [3.05, 3.63) is 17.0 Å². The van der Waals surface area contributed by atoms with Gasteiger partial charge in [-0.05, 0) is 20.8 Å². The van der Waals surface area contributed by atoms with Crippen LogP contribution in [-0.4, -0.2) is 35.0 Å². The molecule has 1 heterocycles. The summed E-state index contributed by atoms with van der Waals surface area (Å²) in [5, 5.41) is 3.28. The molecular weight excluding hydrogens is 288 g/mol. The molecule has 0 saturated carbocycles. The monoisotopic (exact) mass is 312 g/mol. The van der Waals surface area contributed by atoms with Crippen LogP contribution in [0.5, 0.6) is 0 Å². The second-order valence-electron chi connectivity index (χ2n) is 6.36. The lowest BCUT2D eigenvalue weighted by Crippen LogP contribution is -2.40. The van der Waals surface area contributed by atoms with Crippen LogP contribution in [-0.2, 0) is 10.2 Å². The number of aromatic nitrogens is 2. The first-order chi connectivity index (χ1) is 9.63. The number of nitrogens with one attached hydrogen (secondary N) is 1. The average Bonchev–Trinajstić information content (AvgIpc) is 2.33. The van der Waals surface area contributed by atoms with Crippen molar-refractivity contribution in [2.24, 2.45) is 0 Å². The lowest BCUT2D eigenvalue weighted by atomic mass is 9.96.